The molecule has 0 spiro atoms. The van der Waals surface area contributed by atoms with Crippen LogP contribution in [0.15, 0.2) is 64.5 Å². The van der Waals surface area contributed by atoms with Crippen molar-refractivity contribution in [2.24, 2.45) is 4.99 Å². The number of thioether (sulfide) groups is 1. The average Bonchev–Trinajstić information content (AvgIpc) is 3.26. The molecule has 1 N–H and O–H groups in total. The van der Waals surface area contributed by atoms with Gasteiger partial charge in [0.1, 0.15) is 11.5 Å². The molecule has 2 aromatic carbocycles. The van der Waals surface area contributed by atoms with Crippen molar-refractivity contribution in [3.05, 3.63) is 76.5 Å². The first-order valence-electron chi connectivity index (χ1n) is 9.75. The zero-order valence-corrected chi connectivity index (χ0v) is 18.6. The normalized spacial score (nSPS) is 16.1. The van der Waals surface area contributed by atoms with Crippen LogP contribution in [0, 0.1) is 13.8 Å². The fourth-order valence-corrected chi connectivity index (χ4v) is 4.29. The van der Waals surface area contributed by atoms with Crippen molar-refractivity contribution < 1.29 is 14.3 Å². The van der Waals surface area contributed by atoms with Gasteiger partial charge >= 0.3 is 0 Å². The minimum Gasteiger partial charge on any atom is -0.497 e. The summed E-state index contributed by atoms with van der Waals surface area (Å²) in [4.78, 5) is 17.6. The van der Waals surface area contributed by atoms with Gasteiger partial charge in [-0.15, -0.1) is 0 Å². The number of carbonyl (C=O) groups is 1. The van der Waals surface area contributed by atoms with Gasteiger partial charge in [0.2, 0.25) is 0 Å². The van der Waals surface area contributed by atoms with Gasteiger partial charge in [-0.2, -0.15) is 0 Å². The van der Waals surface area contributed by atoms with Crippen LogP contribution in [-0.2, 0) is 4.79 Å². The number of amidine groups is 1. The number of aromatic nitrogens is 1. The third-order valence-electron chi connectivity index (χ3n) is 5.04. The summed E-state index contributed by atoms with van der Waals surface area (Å²) < 4.78 is 12.6. The number of amides is 1. The van der Waals surface area contributed by atoms with Crippen molar-refractivity contribution in [2.45, 2.75) is 13.8 Å². The number of carbonyl (C=O) groups excluding carboxylic acids is 1. The highest BCUT2D eigenvalue weighted by Gasteiger charge is 2.24. The predicted molar refractivity (Wildman–Crippen MR) is 126 cm³/mol. The van der Waals surface area contributed by atoms with Crippen molar-refractivity contribution in [3.63, 3.8) is 0 Å². The zero-order valence-electron chi connectivity index (χ0n) is 17.8. The molecule has 1 aromatic heterocycles. The third-order valence-corrected chi connectivity index (χ3v) is 5.95. The van der Waals surface area contributed by atoms with Crippen LogP contribution in [0.5, 0.6) is 11.5 Å². The van der Waals surface area contributed by atoms with Gasteiger partial charge in [0.15, 0.2) is 5.17 Å². The summed E-state index contributed by atoms with van der Waals surface area (Å²) in [6, 6.07) is 17.4. The maximum absolute atomic E-state index is 12.5. The van der Waals surface area contributed by atoms with E-state index in [0.717, 1.165) is 39.8 Å². The van der Waals surface area contributed by atoms with E-state index in [0.29, 0.717) is 10.1 Å². The summed E-state index contributed by atoms with van der Waals surface area (Å²) in [5.41, 5.74) is 4.94. The molecular weight excluding hydrogens is 410 g/mol. The fraction of sp³-hybridized carbons (Fsp3) is 0.167. The number of hydrogen-bond acceptors (Lipinski definition) is 5. The van der Waals surface area contributed by atoms with Gasteiger partial charge in [0, 0.05) is 17.1 Å². The van der Waals surface area contributed by atoms with Crippen LogP contribution in [0.2, 0.25) is 0 Å². The van der Waals surface area contributed by atoms with E-state index in [-0.39, 0.29) is 5.91 Å². The minimum atomic E-state index is -0.147. The van der Waals surface area contributed by atoms with E-state index in [4.69, 9.17) is 9.47 Å². The van der Waals surface area contributed by atoms with Crippen molar-refractivity contribution in [3.8, 4) is 17.2 Å². The van der Waals surface area contributed by atoms with Crippen molar-refractivity contribution >= 4 is 34.6 Å². The van der Waals surface area contributed by atoms with Gasteiger partial charge < -0.3 is 19.4 Å². The summed E-state index contributed by atoms with van der Waals surface area (Å²) in [7, 11) is 3.28. The maximum Gasteiger partial charge on any atom is 0.264 e. The molecule has 4 rings (SSSR count). The standard InChI is InChI=1S/C24H23N3O3S/c1-15-13-17(16(2)27(15)19-7-11-21(30-4)12-8-19)14-22-23(28)26-24(31-22)25-18-5-9-20(29-3)10-6-18/h5-14H,1-4H3,(H,25,26,28)/b22-14+. The summed E-state index contributed by atoms with van der Waals surface area (Å²) in [6.45, 7) is 4.10. The molecule has 0 radical (unpaired) electrons. The maximum atomic E-state index is 12.5. The van der Waals surface area contributed by atoms with Crippen LogP contribution in [0.4, 0.5) is 5.69 Å². The molecule has 1 fully saturated rings. The molecule has 7 heteroatoms. The lowest BCUT2D eigenvalue weighted by molar-refractivity contribution is -0.115. The van der Waals surface area contributed by atoms with Crippen LogP contribution >= 0.6 is 11.8 Å². The van der Waals surface area contributed by atoms with Crippen molar-refractivity contribution in [1.29, 1.82) is 0 Å². The van der Waals surface area contributed by atoms with E-state index >= 15 is 0 Å². The Labute approximate surface area is 185 Å². The van der Waals surface area contributed by atoms with Gasteiger partial charge in [-0.25, -0.2) is 4.99 Å². The molecule has 31 heavy (non-hydrogen) atoms. The summed E-state index contributed by atoms with van der Waals surface area (Å²) in [6.07, 6.45) is 1.92. The lowest BCUT2D eigenvalue weighted by atomic mass is 10.2. The van der Waals surface area contributed by atoms with Crippen LogP contribution in [-0.4, -0.2) is 29.9 Å². The van der Waals surface area contributed by atoms with Gasteiger partial charge in [-0.1, -0.05) is 0 Å². The predicted octanol–water partition coefficient (Wildman–Crippen LogP) is 5.00. The van der Waals surface area contributed by atoms with Crippen LogP contribution in [0.1, 0.15) is 17.0 Å². The SMILES string of the molecule is COc1ccc(N=C2NC(=O)/C(=C\c3cc(C)n(-c4ccc(OC)cc4)c3C)S2)cc1. The molecular formula is C24H23N3O3S. The fourth-order valence-electron chi connectivity index (χ4n) is 3.46. The van der Waals surface area contributed by atoms with Crippen LogP contribution < -0.4 is 14.8 Å². The molecule has 0 bridgehead atoms. The Morgan fingerprint density at radius 1 is 0.968 bits per heavy atom. The van der Waals surface area contributed by atoms with Gasteiger partial charge in [-0.3, -0.25) is 4.79 Å². The average molecular weight is 434 g/mol. The van der Waals surface area contributed by atoms with Crippen molar-refractivity contribution in [2.75, 3.05) is 14.2 Å². The van der Waals surface area contributed by atoms with Gasteiger partial charge in [-0.05, 0) is 91.8 Å². The number of aliphatic imine (C=N–C) groups is 1. The molecule has 0 unspecified atom stereocenters. The number of methoxy groups -OCH3 is 2. The topological polar surface area (TPSA) is 64.8 Å². The first-order valence-corrected chi connectivity index (χ1v) is 10.6. The number of rotatable bonds is 5. The van der Waals surface area contributed by atoms with E-state index in [1.165, 1.54) is 11.8 Å². The quantitative estimate of drug-likeness (QED) is 0.575. The van der Waals surface area contributed by atoms with E-state index in [1.807, 2.05) is 61.5 Å². The Bertz CT molecular complexity index is 1180. The molecule has 1 aliphatic heterocycles. The largest absolute Gasteiger partial charge is 0.497 e. The summed E-state index contributed by atoms with van der Waals surface area (Å²) >= 11 is 1.34. The number of nitrogens with one attached hydrogen (secondary N) is 1. The monoisotopic (exact) mass is 433 g/mol. The molecule has 1 amide bonds. The zero-order chi connectivity index (χ0) is 22.0. The Balaban J connectivity index is 1.59. The number of nitrogens with zero attached hydrogens (tertiary/aromatic N) is 2. The highest BCUT2D eigenvalue weighted by atomic mass is 32.2. The number of aryl methyl sites for hydroxylation is 1. The van der Waals surface area contributed by atoms with Crippen LogP contribution in [0.25, 0.3) is 11.8 Å². The smallest absolute Gasteiger partial charge is 0.264 e. The summed E-state index contributed by atoms with van der Waals surface area (Å²) in [5, 5.41) is 3.40. The second kappa shape index (κ2) is 8.73. The second-order valence-electron chi connectivity index (χ2n) is 7.04. The van der Waals surface area contributed by atoms with Crippen molar-refractivity contribution in [1.82, 2.24) is 9.88 Å². The molecule has 0 saturated carbocycles. The van der Waals surface area contributed by atoms with E-state index in [2.05, 4.69) is 27.9 Å². The Kier molecular flexibility index (Phi) is 5.86. The number of benzene rings is 2. The third kappa shape index (κ3) is 4.36. The van der Waals surface area contributed by atoms with Crippen LogP contribution in [0.3, 0.4) is 0 Å². The second-order valence-corrected chi connectivity index (χ2v) is 8.07. The molecule has 0 aliphatic carbocycles. The minimum absolute atomic E-state index is 0.147. The number of ether oxygens (including phenoxy) is 2. The highest BCUT2D eigenvalue weighted by Crippen LogP contribution is 2.31. The number of hydrogen-bond donors (Lipinski definition) is 1. The summed E-state index contributed by atoms with van der Waals surface area (Å²) in [5.74, 6) is 1.43. The van der Waals surface area contributed by atoms with E-state index in [1.54, 1.807) is 14.2 Å². The molecule has 6 nitrogen and oxygen atoms in total. The Morgan fingerprint density at radius 2 is 1.58 bits per heavy atom. The lowest BCUT2D eigenvalue weighted by Crippen LogP contribution is -2.19. The van der Waals surface area contributed by atoms with E-state index < -0.39 is 0 Å². The molecule has 2 heterocycles. The molecule has 158 valence electrons. The van der Waals surface area contributed by atoms with Gasteiger partial charge in [0.25, 0.3) is 5.91 Å². The van der Waals surface area contributed by atoms with E-state index in [9.17, 15) is 4.79 Å². The highest BCUT2D eigenvalue weighted by molar-refractivity contribution is 8.18. The molecule has 3 aromatic rings. The first-order chi connectivity index (χ1) is 15.0. The first kappa shape index (κ1) is 20.8. The Morgan fingerprint density at radius 3 is 2.19 bits per heavy atom. The lowest BCUT2D eigenvalue weighted by Gasteiger charge is -2.10. The Hall–Kier alpha value is -3.45. The van der Waals surface area contributed by atoms with Gasteiger partial charge in [0.05, 0.1) is 24.8 Å². The molecule has 0 atom stereocenters. The molecule has 1 saturated heterocycles. The molecule has 1 aliphatic rings.